The number of hydrogen-bond acceptors (Lipinski definition) is 4. The first kappa shape index (κ1) is 15.2. The summed E-state index contributed by atoms with van der Waals surface area (Å²) < 4.78 is 5.58. The molecule has 0 unspecified atom stereocenters. The van der Waals surface area contributed by atoms with Crippen molar-refractivity contribution in [2.75, 3.05) is 17.7 Å². The van der Waals surface area contributed by atoms with E-state index in [-0.39, 0.29) is 5.54 Å². The van der Waals surface area contributed by atoms with Crippen LogP contribution in [0.25, 0.3) is 0 Å². The van der Waals surface area contributed by atoms with Crippen LogP contribution in [-0.2, 0) is 0 Å². The van der Waals surface area contributed by atoms with Gasteiger partial charge < -0.3 is 10.1 Å². The maximum atomic E-state index is 5.58. The standard InChI is InChI=1S/C16H24N2OS/c1-4-11-19-14-9-7-13(8-10-14)17-15-18-16(5-2,6-3)12-20-15/h7-10H,4-6,11-12H2,1-3H3,(H,17,18). The molecule has 0 saturated carbocycles. The van der Waals surface area contributed by atoms with Crippen LogP contribution in [0.4, 0.5) is 5.69 Å². The van der Waals surface area contributed by atoms with Crippen molar-refractivity contribution >= 4 is 22.6 Å². The molecular formula is C16H24N2OS. The fourth-order valence-corrected chi connectivity index (χ4v) is 3.46. The maximum Gasteiger partial charge on any atom is 0.161 e. The second-order valence-electron chi connectivity index (χ2n) is 5.13. The van der Waals surface area contributed by atoms with E-state index in [0.29, 0.717) is 0 Å². The van der Waals surface area contributed by atoms with Crippen LogP contribution in [0.1, 0.15) is 40.0 Å². The molecule has 0 aliphatic carbocycles. The van der Waals surface area contributed by atoms with Crippen LogP contribution in [-0.4, -0.2) is 23.1 Å². The zero-order valence-corrected chi connectivity index (χ0v) is 13.4. The minimum Gasteiger partial charge on any atom is -0.494 e. The van der Waals surface area contributed by atoms with Gasteiger partial charge in [-0.25, -0.2) is 0 Å². The fraction of sp³-hybridized carbons (Fsp3) is 0.562. The molecule has 0 fully saturated rings. The number of nitrogens with zero attached hydrogens (tertiary/aromatic N) is 1. The van der Waals surface area contributed by atoms with Gasteiger partial charge in [-0.1, -0.05) is 32.5 Å². The number of amidine groups is 1. The van der Waals surface area contributed by atoms with Crippen LogP contribution in [0.3, 0.4) is 0 Å². The first-order valence-corrected chi connectivity index (χ1v) is 8.42. The number of thioether (sulfide) groups is 1. The minimum atomic E-state index is 0.136. The SMILES string of the molecule is CCCOc1ccc(NC2=NC(CC)(CC)CS2)cc1. The van der Waals surface area contributed by atoms with Crippen LogP contribution in [0.15, 0.2) is 29.3 Å². The summed E-state index contributed by atoms with van der Waals surface area (Å²) in [4.78, 5) is 4.86. The first-order chi connectivity index (χ1) is 9.71. The van der Waals surface area contributed by atoms with E-state index in [4.69, 9.17) is 9.73 Å². The highest BCUT2D eigenvalue weighted by atomic mass is 32.2. The van der Waals surface area contributed by atoms with Crippen molar-refractivity contribution in [1.29, 1.82) is 0 Å². The summed E-state index contributed by atoms with van der Waals surface area (Å²) in [5, 5.41) is 4.44. The van der Waals surface area contributed by atoms with Crippen molar-refractivity contribution in [2.24, 2.45) is 4.99 Å². The molecule has 4 heteroatoms. The van der Waals surface area contributed by atoms with Gasteiger partial charge in [0, 0.05) is 11.4 Å². The first-order valence-electron chi connectivity index (χ1n) is 7.44. The fourth-order valence-electron chi connectivity index (χ4n) is 2.14. The molecule has 0 bridgehead atoms. The van der Waals surface area contributed by atoms with E-state index < -0.39 is 0 Å². The van der Waals surface area contributed by atoms with Gasteiger partial charge in [-0.15, -0.1) is 0 Å². The van der Waals surface area contributed by atoms with Gasteiger partial charge in [0.05, 0.1) is 12.1 Å². The Balaban J connectivity index is 1.97. The zero-order valence-electron chi connectivity index (χ0n) is 12.6. The lowest BCUT2D eigenvalue weighted by Gasteiger charge is -2.20. The lowest BCUT2D eigenvalue weighted by molar-refractivity contribution is 0.317. The molecule has 20 heavy (non-hydrogen) atoms. The number of benzene rings is 1. The highest BCUT2D eigenvalue weighted by molar-refractivity contribution is 8.14. The van der Waals surface area contributed by atoms with Gasteiger partial charge in [-0.2, -0.15) is 0 Å². The number of anilines is 1. The topological polar surface area (TPSA) is 33.6 Å². The highest BCUT2D eigenvalue weighted by Crippen LogP contribution is 2.33. The Morgan fingerprint density at radius 1 is 1.20 bits per heavy atom. The number of ether oxygens (including phenoxy) is 1. The monoisotopic (exact) mass is 292 g/mol. The van der Waals surface area contributed by atoms with Crippen molar-refractivity contribution in [3.8, 4) is 5.75 Å². The number of aliphatic imine (C=N–C) groups is 1. The molecule has 2 rings (SSSR count). The van der Waals surface area contributed by atoms with Crippen molar-refractivity contribution in [3.63, 3.8) is 0 Å². The van der Waals surface area contributed by atoms with Crippen molar-refractivity contribution in [3.05, 3.63) is 24.3 Å². The average Bonchev–Trinajstić information content (AvgIpc) is 2.90. The van der Waals surface area contributed by atoms with Crippen LogP contribution in [0.2, 0.25) is 0 Å². The van der Waals surface area contributed by atoms with Gasteiger partial charge in [0.25, 0.3) is 0 Å². The predicted molar refractivity (Wildman–Crippen MR) is 89.1 cm³/mol. The van der Waals surface area contributed by atoms with E-state index >= 15 is 0 Å². The summed E-state index contributed by atoms with van der Waals surface area (Å²) in [6, 6.07) is 8.11. The number of rotatable bonds is 6. The molecule has 3 nitrogen and oxygen atoms in total. The summed E-state index contributed by atoms with van der Waals surface area (Å²) in [5.74, 6) is 2.01. The molecule has 0 saturated heterocycles. The molecule has 1 aromatic rings. The molecule has 1 N–H and O–H groups in total. The normalized spacial score (nSPS) is 16.9. The van der Waals surface area contributed by atoms with E-state index in [1.807, 2.05) is 36.0 Å². The van der Waals surface area contributed by atoms with Gasteiger partial charge in [0.15, 0.2) is 5.17 Å². The van der Waals surface area contributed by atoms with Crippen molar-refractivity contribution < 1.29 is 4.74 Å². The van der Waals surface area contributed by atoms with E-state index in [1.165, 1.54) is 0 Å². The maximum absolute atomic E-state index is 5.58. The summed E-state index contributed by atoms with van der Waals surface area (Å²) in [6.07, 6.45) is 3.24. The molecule has 1 aliphatic rings. The molecule has 0 amide bonds. The number of nitrogens with one attached hydrogen (secondary N) is 1. The van der Waals surface area contributed by atoms with Gasteiger partial charge >= 0.3 is 0 Å². The van der Waals surface area contributed by atoms with E-state index in [0.717, 1.165) is 48.2 Å². The smallest absolute Gasteiger partial charge is 0.161 e. The second kappa shape index (κ2) is 7.02. The Morgan fingerprint density at radius 2 is 1.90 bits per heavy atom. The Hall–Kier alpha value is -1.16. The quantitative estimate of drug-likeness (QED) is 0.835. The molecule has 0 atom stereocenters. The highest BCUT2D eigenvalue weighted by Gasteiger charge is 2.31. The van der Waals surface area contributed by atoms with Crippen LogP contribution >= 0.6 is 11.8 Å². The Kier molecular flexibility index (Phi) is 5.35. The molecule has 1 aromatic carbocycles. The molecule has 0 radical (unpaired) electrons. The lowest BCUT2D eigenvalue weighted by atomic mass is 9.97. The third kappa shape index (κ3) is 3.69. The van der Waals surface area contributed by atoms with Crippen molar-refractivity contribution in [1.82, 2.24) is 0 Å². The largest absolute Gasteiger partial charge is 0.494 e. The Bertz CT molecular complexity index is 452. The predicted octanol–water partition coefficient (Wildman–Crippen LogP) is 4.55. The van der Waals surface area contributed by atoms with E-state index in [2.05, 4.69) is 26.1 Å². The van der Waals surface area contributed by atoms with Gasteiger partial charge in [0.1, 0.15) is 5.75 Å². The van der Waals surface area contributed by atoms with Crippen LogP contribution in [0.5, 0.6) is 5.75 Å². The van der Waals surface area contributed by atoms with Gasteiger partial charge in [0.2, 0.25) is 0 Å². The summed E-state index contributed by atoms with van der Waals surface area (Å²) in [7, 11) is 0. The number of hydrogen-bond donors (Lipinski definition) is 1. The van der Waals surface area contributed by atoms with Gasteiger partial charge in [-0.3, -0.25) is 4.99 Å². The van der Waals surface area contributed by atoms with Crippen molar-refractivity contribution in [2.45, 2.75) is 45.6 Å². The lowest BCUT2D eigenvalue weighted by Crippen LogP contribution is -2.24. The van der Waals surface area contributed by atoms with Crippen LogP contribution < -0.4 is 10.1 Å². The molecule has 0 aromatic heterocycles. The molecule has 1 heterocycles. The van der Waals surface area contributed by atoms with E-state index in [9.17, 15) is 0 Å². The summed E-state index contributed by atoms with van der Waals surface area (Å²) >= 11 is 1.82. The van der Waals surface area contributed by atoms with E-state index in [1.54, 1.807) is 0 Å². The van der Waals surface area contributed by atoms with Crippen LogP contribution in [0, 0.1) is 0 Å². The third-order valence-corrected chi connectivity index (χ3v) is 4.86. The minimum absolute atomic E-state index is 0.136. The van der Waals surface area contributed by atoms with Gasteiger partial charge in [-0.05, 0) is 43.5 Å². The zero-order chi connectivity index (χ0) is 14.4. The third-order valence-electron chi connectivity index (χ3n) is 3.71. The molecular weight excluding hydrogens is 268 g/mol. The molecule has 1 aliphatic heterocycles. The summed E-state index contributed by atoms with van der Waals surface area (Å²) in [5.41, 5.74) is 1.21. The second-order valence-corrected chi connectivity index (χ2v) is 6.10. The molecule has 0 spiro atoms. The molecule has 110 valence electrons. The Morgan fingerprint density at radius 3 is 2.45 bits per heavy atom. The average molecular weight is 292 g/mol. The summed E-state index contributed by atoms with van der Waals surface area (Å²) in [6.45, 7) is 7.32. The Labute approximate surface area is 126 Å².